The van der Waals surface area contributed by atoms with Crippen LogP contribution in [0.4, 0.5) is 30.7 Å². The van der Waals surface area contributed by atoms with Gasteiger partial charge >= 0.3 is 12.4 Å². The normalized spacial score (nSPS) is 14.7. The van der Waals surface area contributed by atoms with Crippen LogP contribution in [-0.4, -0.2) is 18.4 Å². The SMILES string of the molecule is NNC(Cc1ccc(F)cc1)C(C(F)(F)F)C(F)(F)F. The van der Waals surface area contributed by atoms with E-state index < -0.39 is 36.6 Å². The molecule has 0 heterocycles. The van der Waals surface area contributed by atoms with Gasteiger partial charge in [0.1, 0.15) is 5.82 Å². The van der Waals surface area contributed by atoms with Gasteiger partial charge in [0.2, 0.25) is 0 Å². The second-order valence-electron chi connectivity index (χ2n) is 4.16. The number of alkyl halides is 6. The fourth-order valence-corrected chi connectivity index (χ4v) is 1.79. The van der Waals surface area contributed by atoms with E-state index in [1.54, 1.807) is 5.43 Å². The highest BCUT2D eigenvalue weighted by Gasteiger charge is 2.59. The molecule has 0 radical (unpaired) electrons. The summed E-state index contributed by atoms with van der Waals surface area (Å²) in [5, 5.41) is 0. The number of rotatable bonds is 4. The third kappa shape index (κ3) is 4.34. The molecule has 3 N–H and O–H groups in total. The van der Waals surface area contributed by atoms with E-state index in [1.165, 1.54) is 0 Å². The van der Waals surface area contributed by atoms with Gasteiger partial charge in [0.05, 0.1) is 0 Å². The zero-order chi connectivity index (χ0) is 15.6. The molecule has 1 aromatic rings. The summed E-state index contributed by atoms with van der Waals surface area (Å²) < 4.78 is 87.9. The first-order chi connectivity index (χ1) is 9.05. The fraction of sp³-hybridized carbons (Fsp3) is 0.455. The molecule has 2 nitrogen and oxygen atoms in total. The van der Waals surface area contributed by atoms with Crippen LogP contribution in [0.3, 0.4) is 0 Å². The summed E-state index contributed by atoms with van der Waals surface area (Å²) in [5.41, 5.74) is 1.65. The predicted molar refractivity (Wildman–Crippen MR) is 56.8 cm³/mol. The van der Waals surface area contributed by atoms with Crippen molar-refractivity contribution >= 4 is 0 Å². The van der Waals surface area contributed by atoms with Crippen molar-refractivity contribution in [3.8, 4) is 0 Å². The quantitative estimate of drug-likeness (QED) is 0.510. The summed E-state index contributed by atoms with van der Waals surface area (Å²) in [4.78, 5) is 0. The predicted octanol–water partition coefficient (Wildman–Crippen LogP) is 2.94. The van der Waals surface area contributed by atoms with Gasteiger partial charge in [0.25, 0.3) is 0 Å². The van der Waals surface area contributed by atoms with Crippen LogP contribution < -0.4 is 11.3 Å². The Kier molecular flexibility index (Phi) is 4.98. The van der Waals surface area contributed by atoms with Crippen LogP contribution in [0, 0.1) is 11.7 Å². The third-order valence-electron chi connectivity index (χ3n) is 2.69. The molecule has 0 amide bonds. The lowest BCUT2D eigenvalue weighted by Crippen LogP contribution is -2.54. The number of nitrogens with two attached hydrogens (primary N) is 1. The highest BCUT2D eigenvalue weighted by molar-refractivity contribution is 5.17. The Morgan fingerprint density at radius 3 is 1.75 bits per heavy atom. The molecule has 1 rings (SSSR count). The molecule has 1 aromatic carbocycles. The Morgan fingerprint density at radius 1 is 0.950 bits per heavy atom. The first kappa shape index (κ1) is 16.7. The fourth-order valence-electron chi connectivity index (χ4n) is 1.79. The van der Waals surface area contributed by atoms with Crippen molar-refractivity contribution in [1.82, 2.24) is 5.43 Å². The topological polar surface area (TPSA) is 38.0 Å². The minimum Gasteiger partial charge on any atom is -0.271 e. The van der Waals surface area contributed by atoms with Crippen LogP contribution in [-0.2, 0) is 6.42 Å². The van der Waals surface area contributed by atoms with Crippen molar-refractivity contribution < 1.29 is 30.7 Å². The minimum atomic E-state index is -5.49. The lowest BCUT2D eigenvalue weighted by Gasteiger charge is -2.30. The van der Waals surface area contributed by atoms with Gasteiger partial charge in [-0.05, 0) is 24.1 Å². The molecule has 0 aliphatic carbocycles. The van der Waals surface area contributed by atoms with Gasteiger partial charge in [-0.25, -0.2) is 4.39 Å². The Hall–Kier alpha value is -1.35. The largest absolute Gasteiger partial charge is 0.402 e. The van der Waals surface area contributed by atoms with E-state index in [-0.39, 0.29) is 5.56 Å². The average Bonchev–Trinajstić information content (AvgIpc) is 2.27. The third-order valence-corrected chi connectivity index (χ3v) is 2.69. The number of nitrogens with one attached hydrogen (secondary N) is 1. The standard InChI is InChI=1S/C11H11F7N2/c12-7-3-1-6(2-4-7)5-8(20-19)9(10(13,14)15)11(16,17)18/h1-4,8-9,20H,5,19H2. The highest BCUT2D eigenvalue weighted by Crippen LogP contribution is 2.41. The lowest BCUT2D eigenvalue weighted by atomic mass is 9.93. The van der Waals surface area contributed by atoms with Crippen LogP contribution in [0.15, 0.2) is 24.3 Å². The average molecular weight is 304 g/mol. The van der Waals surface area contributed by atoms with Gasteiger partial charge in [-0.1, -0.05) is 12.1 Å². The smallest absolute Gasteiger partial charge is 0.271 e. The van der Waals surface area contributed by atoms with Crippen LogP contribution in [0.25, 0.3) is 0 Å². The van der Waals surface area contributed by atoms with Crippen molar-refractivity contribution in [1.29, 1.82) is 0 Å². The van der Waals surface area contributed by atoms with Gasteiger partial charge < -0.3 is 0 Å². The van der Waals surface area contributed by atoms with E-state index in [0.29, 0.717) is 0 Å². The second kappa shape index (κ2) is 5.96. The van der Waals surface area contributed by atoms with Gasteiger partial charge in [-0.3, -0.25) is 11.3 Å². The van der Waals surface area contributed by atoms with Crippen molar-refractivity contribution in [3.05, 3.63) is 35.6 Å². The number of hydrazine groups is 1. The summed E-state index contributed by atoms with van der Waals surface area (Å²) in [6, 6.07) is 1.99. The van der Waals surface area contributed by atoms with Gasteiger partial charge in [-0.2, -0.15) is 26.3 Å². The van der Waals surface area contributed by atoms with Crippen molar-refractivity contribution in [2.75, 3.05) is 0 Å². The Balaban J connectivity index is 3.00. The zero-order valence-corrected chi connectivity index (χ0v) is 9.89. The molecule has 0 saturated carbocycles. The summed E-state index contributed by atoms with van der Waals surface area (Å²) >= 11 is 0. The number of hydrogen-bond acceptors (Lipinski definition) is 2. The van der Waals surface area contributed by atoms with Gasteiger partial charge in [0, 0.05) is 6.04 Å². The number of halogens is 7. The molecule has 0 aliphatic heterocycles. The van der Waals surface area contributed by atoms with Gasteiger partial charge in [0.15, 0.2) is 5.92 Å². The molecule has 1 unspecified atom stereocenters. The Bertz CT molecular complexity index is 410. The second-order valence-corrected chi connectivity index (χ2v) is 4.16. The van der Waals surface area contributed by atoms with E-state index in [9.17, 15) is 30.7 Å². The number of benzene rings is 1. The van der Waals surface area contributed by atoms with Crippen LogP contribution in [0.5, 0.6) is 0 Å². The van der Waals surface area contributed by atoms with Crippen LogP contribution in [0.1, 0.15) is 5.56 Å². The Labute approximate surface area is 109 Å². The lowest BCUT2D eigenvalue weighted by molar-refractivity contribution is -0.291. The monoisotopic (exact) mass is 304 g/mol. The summed E-state index contributed by atoms with van der Waals surface area (Å²) in [6.45, 7) is 0. The van der Waals surface area contributed by atoms with Crippen LogP contribution in [0.2, 0.25) is 0 Å². The molecule has 1 atom stereocenters. The molecule has 114 valence electrons. The Morgan fingerprint density at radius 2 is 1.40 bits per heavy atom. The molecule has 0 aliphatic rings. The molecule has 0 aromatic heterocycles. The first-order valence-corrected chi connectivity index (χ1v) is 5.39. The molecule has 0 spiro atoms. The van der Waals surface area contributed by atoms with E-state index in [0.717, 1.165) is 24.3 Å². The number of hydrogen-bond donors (Lipinski definition) is 2. The molecule has 9 heteroatoms. The summed E-state index contributed by atoms with van der Waals surface area (Å²) in [6.07, 6.45) is -11.6. The maximum absolute atomic E-state index is 12.6. The molecule has 20 heavy (non-hydrogen) atoms. The van der Waals surface area contributed by atoms with E-state index in [2.05, 4.69) is 0 Å². The van der Waals surface area contributed by atoms with Crippen LogP contribution >= 0.6 is 0 Å². The highest BCUT2D eigenvalue weighted by atomic mass is 19.4. The summed E-state index contributed by atoms with van der Waals surface area (Å²) in [7, 11) is 0. The molecular weight excluding hydrogens is 293 g/mol. The molecular formula is C11H11F7N2. The molecule has 0 saturated heterocycles. The van der Waals surface area contributed by atoms with E-state index in [4.69, 9.17) is 5.84 Å². The minimum absolute atomic E-state index is 0.104. The van der Waals surface area contributed by atoms with Crippen molar-refractivity contribution in [2.45, 2.75) is 24.8 Å². The first-order valence-electron chi connectivity index (χ1n) is 5.39. The zero-order valence-electron chi connectivity index (χ0n) is 9.89. The maximum Gasteiger partial charge on any atom is 0.402 e. The summed E-state index contributed by atoms with van der Waals surface area (Å²) in [5.74, 6) is 0.570. The molecule has 0 bridgehead atoms. The van der Waals surface area contributed by atoms with Crippen molar-refractivity contribution in [2.24, 2.45) is 11.8 Å². The van der Waals surface area contributed by atoms with E-state index >= 15 is 0 Å². The van der Waals surface area contributed by atoms with E-state index in [1.807, 2.05) is 0 Å². The molecule has 0 fully saturated rings. The van der Waals surface area contributed by atoms with Crippen molar-refractivity contribution in [3.63, 3.8) is 0 Å². The maximum atomic E-state index is 12.6. The van der Waals surface area contributed by atoms with Gasteiger partial charge in [-0.15, -0.1) is 0 Å².